The van der Waals surface area contributed by atoms with Crippen LogP contribution in [0.25, 0.3) is 11.1 Å². The van der Waals surface area contributed by atoms with Crippen molar-refractivity contribution in [3.63, 3.8) is 0 Å². The number of amides is 1. The topological polar surface area (TPSA) is 78.8 Å². The molecule has 164 valence electrons. The first kappa shape index (κ1) is 21.2. The summed E-state index contributed by atoms with van der Waals surface area (Å²) in [5, 5.41) is 2.77. The van der Waals surface area contributed by atoms with Gasteiger partial charge in [0.25, 0.3) is 5.56 Å². The van der Waals surface area contributed by atoms with Crippen LogP contribution in [0.3, 0.4) is 0 Å². The van der Waals surface area contributed by atoms with Crippen LogP contribution in [-0.2, 0) is 11.8 Å². The lowest BCUT2D eigenvalue weighted by molar-refractivity contribution is -0.111. The monoisotopic (exact) mass is 432 g/mol. The maximum atomic E-state index is 12.6. The van der Waals surface area contributed by atoms with Crippen LogP contribution in [0.2, 0.25) is 0 Å². The summed E-state index contributed by atoms with van der Waals surface area (Å²) < 4.78 is 19.3. The van der Waals surface area contributed by atoms with Crippen LogP contribution < -0.4 is 25.1 Å². The zero-order valence-electron chi connectivity index (χ0n) is 18.2. The van der Waals surface area contributed by atoms with Crippen molar-refractivity contribution in [2.75, 3.05) is 18.5 Å². The Morgan fingerprint density at radius 1 is 1.09 bits per heavy atom. The number of carbonyl (C=O) groups excluding carboxylic acids is 1. The van der Waals surface area contributed by atoms with Gasteiger partial charge in [-0.2, -0.15) is 0 Å². The Balaban J connectivity index is 1.92. The van der Waals surface area contributed by atoms with E-state index in [1.165, 1.54) is 10.6 Å². The van der Waals surface area contributed by atoms with Crippen LogP contribution in [0.5, 0.6) is 23.0 Å². The van der Waals surface area contributed by atoms with Crippen molar-refractivity contribution in [3.05, 3.63) is 76.7 Å². The predicted molar refractivity (Wildman–Crippen MR) is 123 cm³/mol. The average Bonchev–Trinajstić information content (AvgIpc) is 2.79. The van der Waals surface area contributed by atoms with E-state index in [9.17, 15) is 9.59 Å². The SMILES string of the molecule is C=CC(=O)Nc1ccc(Oc2c(C)cccc2C)c(-c2cn(C)c(=O)c3c2OCCO3)c1. The number of pyridine rings is 1. The minimum atomic E-state index is -0.332. The number of benzene rings is 2. The van der Waals surface area contributed by atoms with E-state index >= 15 is 0 Å². The second-order valence-electron chi connectivity index (χ2n) is 7.54. The highest BCUT2D eigenvalue weighted by Crippen LogP contribution is 2.44. The van der Waals surface area contributed by atoms with Crippen LogP contribution >= 0.6 is 0 Å². The summed E-state index contributed by atoms with van der Waals surface area (Å²) in [6.45, 7) is 8.08. The Hall–Kier alpha value is -4.00. The van der Waals surface area contributed by atoms with Crippen molar-refractivity contribution in [2.24, 2.45) is 7.05 Å². The molecule has 32 heavy (non-hydrogen) atoms. The first-order valence-corrected chi connectivity index (χ1v) is 10.2. The number of nitrogens with zero attached hydrogens (tertiary/aromatic N) is 1. The summed E-state index contributed by atoms with van der Waals surface area (Å²) in [4.78, 5) is 24.4. The highest BCUT2D eigenvalue weighted by Gasteiger charge is 2.25. The lowest BCUT2D eigenvalue weighted by atomic mass is 10.0. The van der Waals surface area contributed by atoms with Crippen molar-refractivity contribution < 1.29 is 19.0 Å². The molecule has 0 atom stereocenters. The van der Waals surface area contributed by atoms with Gasteiger partial charge in [0.05, 0.1) is 0 Å². The van der Waals surface area contributed by atoms with Gasteiger partial charge in [0, 0.05) is 30.1 Å². The Bertz CT molecular complexity index is 1260. The quantitative estimate of drug-likeness (QED) is 0.606. The van der Waals surface area contributed by atoms with Gasteiger partial charge in [-0.15, -0.1) is 0 Å². The van der Waals surface area contributed by atoms with E-state index < -0.39 is 0 Å². The minimum Gasteiger partial charge on any atom is -0.485 e. The van der Waals surface area contributed by atoms with Crippen LogP contribution in [0.15, 0.2) is 60.0 Å². The molecule has 7 heteroatoms. The molecule has 1 aliphatic rings. The highest BCUT2D eigenvalue weighted by atomic mass is 16.6. The number of para-hydroxylation sites is 1. The molecule has 4 rings (SSSR count). The van der Waals surface area contributed by atoms with Gasteiger partial charge in [0.1, 0.15) is 24.7 Å². The van der Waals surface area contributed by atoms with Crippen LogP contribution in [0.4, 0.5) is 5.69 Å². The zero-order valence-corrected chi connectivity index (χ0v) is 18.2. The maximum absolute atomic E-state index is 12.6. The number of ether oxygens (including phenoxy) is 3. The molecule has 1 amide bonds. The van der Waals surface area contributed by atoms with Crippen molar-refractivity contribution in [3.8, 4) is 34.1 Å². The molecular formula is C25H24N2O5. The lowest BCUT2D eigenvalue weighted by Crippen LogP contribution is -2.26. The third-order valence-corrected chi connectivity index (χ3v) is 5.21. The summed E-state index contributed by atoms with van der Waals surface area (Å²) in [5.41, 5.74) is 3.52. The largest absolute Gasteiger partial charge is 0.485 e. The molecule has 0 saturated heterocycles. The van der Waals surface area contributed by atoms with Crippen molar-refractivity contribution in [1.29, 1.82) is 0 Å². The molecule has 0 unspecified atom stereocenters. The third kappa shape index (κ3) is 3.97. The molecule has 0 aliphatic carbocycles. The Labute approximate surface area is 185 Å². The van der Waals surface area contributed by atoms with E-state index in [-0.39, 0.29) is 17.2 Å². The van der Waals surface area contributed by atoms with Crippen molar-refractivity contribution >= 4 is 11.6 Å². The Kier molecular flexibility index (Phi) is 5.73. The van der Waals surface area contributed by atoms with Gasteiger partial charge >= 0.3 is 0 Å². The first-order valence-electron chi connectivity index (χ1n) is 10.2. The molecule has 0 spiro atoms. The Morgan fingerprint density at radius 2 is 1.78 bits per heavy atom. The summed E-state index contributed by atoms with van der Waals surface area (Å²) >= 11 is 0. The summed E-state index contributed by atoms with van der Waals surface area (Å²) in [5.74, 6) is 1.48. The fourth-order valence-electron chi connectivity index (χ4n) is 3.61. The predicted octanol–water partition coefficient (Wildman–Crippen LogP) is 4.36. The number of aromatic nitrogens is 1. The number of anilines is 1. The molecule has 2 heterocycles. The standard InChI is InChI=1S/C25H24N2O5/c1-5-21(28)26-17-9-10-20(32-22-15(2)7-6-8-16(22)3)18(13-17)19-14-27(4)25(29)24-23(19)30-11-12-31-24/h5-10,13-14H,1,11-12H2,2-4H3,(H,26,28). The number of carbonyl (C=O) groups is 1. The van der Waals surface area contributed by atoms with Gasteiger partial charge in [0.15, 0.2) is 5.75 Å². The first-order chi connectivity index (χ1) is 15.4. The molecule has 1 aromatic heterocycles. The maximum Gasteiger partial charge on any atom is 0.296 e. The molecule has 1 aliphatic heterocycles. The van der Waals surface area contributed by atoms with Gasteiger partial charge in [-0.05, 0) is 49.2 Å². The fourth-order valence-corrected chi connectivity index (χ4v) is 3.61. The smallest absolute Gasteiger partial charge is 0.296 e. The van der Waals surface area contributed by atoms with E-state index in [0.29, 0.717) is 41.5 Å². The normalized spacial score (nSPS) is 12.2. The number of hydrogen-bond donors (Lipinski definition) is 1. The molecule has 7 nitrogen and oxygen atoms in total. The van der Waals surface area contributed by atoms with Gasteiger partial charge in [-0.3, -0.25) is 9.59 Å². The number of rotatable bonds is 5. The van der Waals surface area contributed by atoms with Gasteiger partial charge in [-0.1, -0.05) is 24.8 Å². The van der Waals surface area contributed by atoms with E-state index in [2.05, 4.69) is 11.9 Å². The molecule has 0 saturated carbocycles. The Morgan fingerprint density at radius 3 is 2.47 bits per heavy atom. The molecular weight excluding hydrogens is 408 g/mol. The van der Waals surface area contributed by atoms with Crippen molar-refractivity contribution in [2.45, 2.75) is 13.8 Å². The van der Waals surface area contributed by atoms with Gasteiger partial charge < -0.3 is 24.1 Å². The summed E-state index contributed by atoms with van der Waals surface area (Å²) in [7, 11) is 1.65. The molecule has 0 bridgehead atoms. The molecule has 1 N–H and O–H groups in total. The van der Waals surface area contributed by atoms with E-state index in [4.69, 9.17) is 14.2 Å². The number of nitrogens with one attached hydrogen (secondary N) is 1. The summed E-state index contributed by atoms with van der Waals surface area (Å²) in [6, 6.07) is 11.2. The highest BCUT2D eigenvalue weighted by molar-refractivity contribution is 5.99. The molecule has 0 fully saturated rings. The van der Waals surface area contributed by atoms with Gasteiger partial charge in [0.2, 0.25) is 11.7 Å². The van der Waals surface area contributed by atoms with Crippen molar-refractivity contribution in [1.82, 2.24) is 4.57 Å². The summed E-state index contributed by atoms with van der Waals surface area (Å²) in [6.07, 6.45) is 2.88. The molecule has 0 radical (unpaired) electrons. The van der Waals surface area contributed by atoms with E-state index in [1.807, 2.05) is 32.0 Å². The number of hydrogen-bond acceptors (Lipinski definition) is 5. The second-order valence-corrected chi connectivity index (χ2v) is 7.54. The average molecular weight is 432 g/mol. The third-order valence-electron chi connectivity index (χ3n) is 5.21. The van der Waals surface area contributed by atoms with E-state index in [1.54, 1.807) is 31.4 Å². The lowest BCUT2D eigenvalue weighted by Gasteiger charge is -2.23. The minimum absolute atomic E-state index is 0.162. The molecule has 3 aromatic rings. The second kappa shape index (κ2) is 8.63. The number of fused-ring (bicyclic) bond motifs is 1. The zero-order chi connectivity index (χ0) is 22.8. The van der Waals surface area contributed by atoms with Gasteiger partial charge in [-0.25, -0.2) is 0 Å². The van der Waals surface area contributed by atoms with Crippen LogP contribution in [0, 0.1) is 13.8 Å². The van der Waals surface area contributed by atoms with Crippen LogP contribution in [-0.4, -0.2) is 23.7 Å². The van der Waals surface area contributed by atoms with E-state index in [0.717, 1.165) is 16.9 Å². The number of aryl methyl sites for hydroxylation is 3. The fraction of sp³-hybridized carbons (Fsp3) is 0.200. The molecule has 2 aromatic carbocycles. The van der Waals surface area contributed by atoms with Crippen LogP contribution in [0.1, 0.15) is 11.1 Å².